The van der Waals surface area contributed by atoms with Gasteiger partial charge in [-0.2, -0.15) is 0 Å². The van der Waals surface area contributed by atoms with Gasteiger partial charge in [-0.1, -0.05) is 0 Å². The monoisotopic (exact) mass is 284 g/mol. The maximum absolute atomic E-state index is 12.6. The van der Waals surface area contributed by atoms with Crippen LogP contribution in [0.1, 0.15) is 27.7 Å². The van der Waals surface area contributed by atoms with Crippen LogP contribution in [0.25, 0.3) is 0 Å². The van der Waals surface area contributed by atoms with Crippen molar-refractivity contribution in [1.82, 2.24) is 0 Å². The van der Waals surface area contributed by atoms with Crippen molar-refractivity contribution in [3.05, 3.63) is 0 Å². The molecule has 7 heteroatoms. The molecule has 0 heterocycles. The average molecular weight is 284 g/mol. The second-order valence-corrected chi connectivity index (χ2v) is 7.27. The molecule has 17 heavy (non-hydrogen) atoms. The fraction of sp³-hybridized carbons (Fsp3) is 0.900. The highest BCUT2D eigenvalue weighted by Crippen LogP contribution is 2.58. The molecule has 0 saturated heterocycles. The van der Waals surface area contributed by atoms with E-state index in [1.165, 1.54) is 7.11 Å². The molecule has 0 N–H and O–H groups in total. The lowest BCUT2D eigenvalue weighted by Crippen LogP contribution is -2.24. The van der Waals surface area contributed by atoms with Crippen molar-refractivity contribution in [1.29, 1.82) is 0 Å². The molecule has 1 unspecified atom stereocenters. The van der Waals surface area contributed by atoms with Gasteiger partial charge in [-0.05, 0) is 34.0 Å². The van der Waals surface area contributed by atoms with Crippen molar-refractivity contribution >= 4 is 25.3 Å². The van der Waals surface area contributed by atoms with Crippen LogP contribution in [0.2, 0.25) is 0 Å². The van der Waals surface area contributed by atoms with Crippen molar-refractivity contribution in [2.75, 3.05) is 13.4 Å². The summed E-state index contributed by atoms with van der Waals surface area (Å²) >= 11 is 1.11. The molecule has 0 saturated carbocycles. The van der Waals surface area contributed by atoms with Crippen molar-refractivity contribution < 1.29 is 23.1 Å². The molecule has 0 rings (SSSR count). The molecule has 102 valence electrons. The molecule has 0 aliphatic rings. The molecule has 1 atom stereocenters. The average Bonchev–Trinajstić information content (AvgIpc) is 2.15. The van der Waals surface area contributed by atoms with E-state index in [2.05, 4.69) is 4.74 Å². The Morgan fingerprint density at radius 3 is 1.76 bits per heavy atom. The van der Waals surface area contributed by atoms with Crippen LogP contribution in [-0.4, -0.2) is 36.5 Å². The molecule has 0 bridgehead atoms. The third kappa shape index (κ3) is 5.42. The Balaban J connectivity index is 5.12. The standard InChI is InChI=1S/C10H21O5PS/c1-7(2)14-16(12,15-8(3)4)10(17-6)9(11)13-5/h7-8,10H,1-6H3. The number of carbonyl (C=O) groups is 1. The van der Waals surface area contributed by atoms with Crippen LogP contribution in [0.3, 0.4) is 0 Å². The van der Waals surface area contributed by atoms with Gasteiger partial charge in [0.25, 0.3) is 0 Å². The van der Waals surface area contributed by atoms with Crippen LogP contribution in [-0.2, 0) is 23.1 Å². The van der Waals surface area contributed by atoms with Crippen molar-refractivity contribution in [2.45, 2.75) is 44.9 Å². The molecule has 0 spiro atoms. The van der Waals surface area contributed by atoms with Gasteiger partial charge in [0.1, 0.15) is 0 Å². The quantitative estimate of drug-likeness (QED) is 0.529. The molecule has 5 nitrogen and oxygen atoms in total. The maximum Gasteiger partial charge on any atom is 0.355 e. The van der Waals surface area contributed by atoms with Crippen molar-refractivity contribution in [2.24, 2.45) is 0 Å². The third-order valence-corrected chi connectivity index (χ3v) is 5.89. The Labute approximate surface area is 107 Å². The van der Waals surface area contributed by atoms with Crippen LogP contribution >= 0.6 is 19.4 Å². The van der Waals surface area contributed by atoms with Gasteiger partial charge in [0, 0.05) is 0 Å². The summed E-state index contributed by atoms with van der Waals surface area (Å²) in [5.74, 6) is -0.595. The number of ether oxygens (including phenoxy) is 1. The largest absolute Gasteiger partial charge is 0.468 e. The lowest BCUT2D eigenvalue weighted by atomic mass is 10.5. The summed E-state index contributed by atoms with van der Waals surface area (Å²) in [6.45, 7) is 6.96. The molecular formula is C10H21O5PS. The molecule has 0 aliphatic carbocycles. The molecule has 0 aliphatic heterocycles. The van der Waals surface area contributed by atoms with E-state index in [0.29, 0.717) is 0 Å². The van der Waals surface area contributed by atoms with Crippen molar-refractivity contribution in [3.63, 3.8) is 0 Å². The summed E-state index contributed by atoms with van der Waals surface area (Å²) in [6, 6.07) is 0. The zero-order valence-corrected chi connectivity index (χ0v) is 12.8. The number of hydrogen-bond donors (Lipinski definition) is 0. The van der Waals surface area contributed by atoms with E-state index in [1.807, 2.05) is 0 Å². The third-order valence-electron chi connectivity index (χ3n) is 1.63. The van der Waals surface area contributed by atoms with Crippen LogP contribution < -0.4 is 0 Å². The van der Waals surface area contributed by atoms with E-state index in [4.69, 9.17) is 9.05 Å². The molecular weight excluding hydrogens is 263 g/mol. The highest BCUT2D eigenvalue weighted by atomic mass is 32.2. The van der Waals surface area contributed by atoms with E-state index in [1.54, 1.807) is 34.0 Å². The molecule has 0 amide bonds. The predicted molar refractivity (Wildman–Crippen MR) is 69.4 cm³/mol. The first-order chi connectivity index (χ1) is 7.76. The van der Waals surface area contributed by atoms with Crippen molar-refractivity contribution in [3.8, 4) is 0 Å². The minimum Gasteiger partial charge on any atom is -0.468 e. The van der Waals surface area contributed by atoms with Crippen LogP contribution in [0, 0.1) is 0 Å². The van der Waals surface area contributed by atoms with Gasteiger partial charge in [0.2, 0.25) is 4.99 Å². The molecule has 0 aromatic carbocycles. The van der Waals surface area contributed by atoms with Gasteiger partial charge in [-0.15, -0.1) is 11.8 Å². The number of methoxy groups -OCH3 is 1. The molecule has 0 aromatic heterocycles. The van der Waals surface area contributed by atoms with Gasteiger partial charge in [-0.25, -0.2) is 0 Å². The van der Waals surface area contributed by atoms with Gasteiger partial charge in [0.05, 0.1) is 19.3 Å². The van der Waals surface area contributed by atoms with Gasteiger partial charge < -0.3 is 13.8 Å². The van der Waals surface area contributed by atoms with Crippen LogP contribution in [0.4, 0.5) is 0 Å². The SMILES string of the molecule is COC(=O)C(SC)P(=O)(OC(C)C)OC(C)C. The van der Waals surface area contributed by atoms with Crippen LogP contribution in [0.5, 0.6) is 0 Å². The number of rotatable bonds is 7. The fourth-order valence-corrected chi connectivity index (χ4v) is 4.61. The second-order valence-electron chi connectivity index (χ2n) is 3.96. The molecule has 0 radical (unpaired) electrons. The Kier molecular flexibility index (Phi) is 7.40. The van der Waals surface area contributed by atoms with E-state index in [9.17, 15) is 9.36 Å². The predicted octanol–water partition coefficient (Wildman–Crippen LogP) is 2.89. The zero-order chi connectivity index (χ0) is 13.6. The molecule has 0 fully saturated rings. The number of esters is 1. The van der Waals surface area contributed by atoms with E-state index >= 15 is 0 Å². The Morgan fingerprint density at radius 2 is 1.53 bits per heavy atom. The summed E-state index contributed by atoms with van der Waals surface area (Å²) in [6.07, 6.45) is 1.08. The fourth-order valence-electron chi connectivity index (χ4n) is 1.18. The van der Waals surface area contributed by atoms with Crippen LogP contribution in [0.15, 0.2) is 0 Å². The Hall–Kier alpha value is -0.0300. The lowest BCUT2D eigenvalue weighted by Gasteiger charge is -2.27. The molecule has 0 aromatic rings. The minimum absolute atomic E-state index is 0.293. The highest BCUT2D eigenvalue weighted by molar-refractivity contribution is 8.05. The second kappa shape index (κ2) is 7.41. The minimum atomic E-state index is -3.53. The summed E-state index contributed by atoms with van der Waals surface area (Å²) in [7, 11) is -2.28. The smallest absolute Gasteiger partial charge is 0.355 e. The number of thioether (sulfide) groups is 1. The van der Waals surface area contributed by atoms with E-state index in [-0.39, 0.29) is 12.2 Å². The first kappa shape index (κ1) is 17.0. The summed E-state index contributed by atoms with van der Waals surface area (Å²) in [5, 5.41) is 0. The zero-order valence-electron chi connectivity index (χ0n) is 11.1. The first-order valence-corrected chi connectivity index (χ1v) is 8.24. The van der Waals surface area contributed by atoms with E-state index < -0.39 is 18.6 Å². The normalized spacial score (nSPS) is 14.1. The topological polar surface area (TPSA) is 61.8 Å². The summed E-state index contributed by atoms with van der Waals surface area (Å²) in [5.41, 5.74) is 0. The first-order valence-electron chi connectivity index (χ1n) is 5.34. The summed E-state index contributed by atoms with van der Waals surface area (Å²) in [4.78, 5) is 10.6. The van der Waals surface area contributed by atoms with Gasteiger partial charge in [-0.3, -0.25) is 9.36 Å². The maximum atomic E-state index is 12.6. The number of hydrogen-bond acceptors (Lipinski definition) is 6. The number of carbonyl (C=O) groups excluding carboxylic acids is 1. The lowest BCUT2D eigenvalue weighted by molar-refractivity contribution is -0.138. The summed E-state index contributed by atoms with van der Waals surface area (Å²) < 4.78 is 27.9. The van der Waals surface area contributed by atoms with E-state index in [0.717, 1.165) is 11.8 Å². The van der Waals surface area contributed by atoms with Gasteiger partial charge >= 0.3 is 13.6 Å². The highest BCUT2D eigenvalue weighted by Gasteiger charge is 2.43. The Bertz CT molecular complexity index is 278. The Morgan fingerprint density at radius 1 is 1.12 bits per heavy atom. The van der Waals surface area contributed by atoms with Gasteiger partial charge in [0.15, 0.2) is 0 Å².